The van der Waals surface area contributed by atoms with Crippen molar-refractivity contribution in [3.63, 3.8) is 0 Å². The average molecular weight is 395 g/mol. The molecule has 0 aliphatic rings. The third kappa shape index (κ3) is 3.83. The first-order chi connectivity index (χ1) is 12.8. The number of anilines is 1. The Labute approximate surface area is 163 Å². The van der Waals surface area contributed by atoms with Crippen LogP contribution in [0.25, 0.3) is 26.4 Å². The molecule has 0 bridgehead atoms. The highest BCUT2D eigenvalue weighted by molar-refractivity contribution is 7.24. The molecule has 1 aromatic carbocycles. The predicted molar refractivity (Wildman–Crippen MR) is 113 cm³/mol. The van der Waals surface area contributed by atoms with E-state index in [0.29, 0.717) is 5.13 Å². The number of carbonyl (C=O) groups is 1. The highest BCUT2D eigenvalue weighted by Crippen LogP contribution is 2.42. The Kier molecular flexibility index (Phi) is 5.06. The van der Waals surface area contributed by atoms with E-state index >= 15 is 0 Å². The van der Waals surface area contributed by atoms with Crippen LogP contribution >= 0.6 is 34.0 Å². The number of aromatic nitrogens is 1. The van der Waals surface area contributed by atoms with Gasteiger partial charge in [-0.1, -0.05) is 53.8 Å². The summed E-state index contributed by atoms with van der Waals surface area (Å²) in [5, 5.41) is 7.58. The Balaban J connectivity index is 1.58. The number of hydrogen-bond donors (Lipinski definition) is 1. The second-order valence-electron chi connectivity index (χ2n) is 5.38. The number of carbonyl (C=O) groups excluding carboxylic acids is 1. The molecular weight excluding hydrogens is 380 g/mol. The first kappa shape index (κ1) is 16.9. The summed E-state index contributed by atoms with van der Waals surface area (Å²) in [6.07, 6.45) is 3.33. The maximum atomic E-state index is 12.3. The van der Waals surface area contributed by atoms with Gasteiger partial charge in [-0.05, 0) is 34.5 Å². The summed E-state index contributed by atoms with van der Waals surface area (Å²) >= 11 is 4.83. The molecule has 6 heteroatoms. The van der Waals surface area contributed by atoms with Crippen LogP contribution in [-0.4, -0.2) is 10.9 Å². The first-order valence-corrected chi connectivity index (χ1v) is 10.5. The lowest BCUT2D eigenvalue weighted by molar-refractivity contribution is -0.111. The molecule has 3 nitrogen and oxygen atoms in total. The maximum absolute atomic E-state index is 12.3. The van der Waals surface area contributed by atoms with Crippen LogP contribution in [0.5, 0.6) is 0 Å². The molecule has 0 aliphatic heterocycles. The number of benzene rings is 1. The molecule has 3 aromatic heterocycles. The summed E-state index contributed by atoms with van der Waals surface area (Å²) in [5.41, 5.74) is 1.91. The van der Waals surface area contributed by atoms with Gasteiger partial charge in [0, 0.05) is 11.0 Å². The summed E-state index contributed by atoms with van der Waals surface area (Å²) in [5.74, 6) is -0.182. The molecule has 4 rings (SSSR count). The van der Waals surface area contributed by atoms with Crippen molar-refractivity contribution >= 4 is 51.1 Å². The van der Waals surface area contributed by atoms with Gasteiger partial charge >= 0.3 is 0 Å². The molecule has 0 atom stereocenters. The Morgan fingerprint density at radius 2 is 1.65 bits per heavy atom. The number of nitrogens with one attached hydrogen (secondary N) is 1. The van der Waals surface area contributed by atoms with Crippen LogP contribution in [0.3, 0.4) is 0 Å². The van der Waals surface area contributed by atoms with Crippen molar-refractivity contribution in [2.24, 2.45) is 0 Å². The number of amides is 1. The lowest BCUT2D eigenvalue weighted by atomic mass is 10.2. The molecule has 26 heavy (non-hydrogen) atoms. The van der Waals surface area contributed by atoms with Gasteiger partial charge in [0.2, 0.25) is 5.91 Å². The lowest BCUT2D eigenvalue weighted by Gasteiger charge is -1.96. The predicted octanol–water partition coefficient (Wildman–Crippen LogP) is 6.25. The van der Waals surface area contributed by atoms with Crippen molar-refractivity contribution in [1.29, 1.82) is 0 Å². The maximum Gasteiger partial charge on any atom is 0.250 e. The number of thiazole rings is 1. The highest BCUT2D eigenvalue weighted by atomic mass is 32.1. The minimum atomic E-state index is -0.182. The van der Waals surface area contributed by atoms with E-state index in [2.05, 4.69) is 22.4 Å². The molecule has 3 heterocycles. The van der Waals surface area contributed by atoms with Crippen molar-refractivity contribution in [3.05, 3.63) is 77.0 Å². The quantitative estimate of drug-likeness (QED) is 0.406. The van der Waals surface area contributed by atoms with E-state index in [1.807, 2.05) is 53.2 Å². The van der Waals surface area contributed by atoms with E-state index < -0.39 is 0 Å². The van der Waals surface area contributed by atoms with Crippen molar-refractivity contribution < 1.29 is 4.79 Å². The number of hydrogen-bond acceptors (Lipinski definition) is 5. The minimum Gasteiger partial charge on any atom is -0.298 e. The summed E-state index contributed by atoms with van der Waals surface area (Å²) in [6.45, 7) is 0. The molecule has 0 aliphatic carbocycles. The summed E-state index contributed by atoms with van der Waals surface area (Å²) in [6, 6.07) is 17.9. The Morgan fingerprint density at radius 3 is 2.35 bits per heavy atom. The molecule has 0 unspecified atom stereocenters. The molecular formula is C20H14N2OS3. The van der Waals surface area contributed by atoms with Gasteiger partial charge in [-0.15, -0.1) is 22.7 Å². The Morgan fingerprint density at radius 1 is 0.923 bits per heavy atom. The van der Waals surface area contributed by atoms with Crippen LogP contribution in [0, 0.1) is 0 Å². The molecule has 0 saturated heterocycles. The van der Waals surface area contributed by atoms with E-state index in [0.717, 1.165) is 25.9 Å². The van der Waals surface area contributed by atoms with Crippen molar-refractivity contribution in [2.75, 3.05) is 5.32 Å². The third-order valence-electron chi connectivity index (χ3n) is 3.58. The van der Waals surface area contributed by atoms with Gasteiger partial charge in [0.25, 0.3) is 0 Å². The second kappa shape index (κ2) is 7.78. The van der Waals surface area contributed by atoms with Crippen LogP contribution in [0.4, 0.5) is 5.13 Å². The first-order valence-electron chi connectivity index (χ1n) is 7.92. The van der Waals surface area contributed by atoms with Gasteiger partial charge in [-0.2, -0.15) is 0 Å². The third-order valence-corrected chi connectivity index (χ3v) is 6.48. The number of thiophene rings is 2. The summed E-state index contributed by atoms with van der Waals surface area (Å²) < 4.78 is 0. The van der Waals surface area contributed by atoms with Gasteiger partial charge < -0.3 is 0 Å². The summed E-state index contributed by atoms with van der Waals surface area (Å²) in [4.78, 5) is 20.3. The molecule has 128 valence electrons. The molecule has 0 spiro atoms. The van der Waals surface area contributed by atoms with E-state index in [-0.39, 0.29) is 5.91 Å². The van der Waals surface area contributed by atoms with Crippen LogP contribution < -0.4 is 5.32 Å². The molecule has 1 N–H and O–H groups in total. The molecule has 0 fully saturated rings. The minimum absolute atomic E-state index is 0.182. The van der Waals surface area contributed by atoms with Gasteiger partial charge in [-0.25, -0.2) is 4.98 Å². The van der Waals surface area contributed by atoms with E-state index in [1.54, 1.807) is 28.7 Å². The van der Waals surface area contributed by atoms with Gasteiger partial charge in [0.1, 0.15) is 5.69 Å². The zero-order valence-electron chi connectivity index (χ0n) is 13.6. The SMILES string of the molecule is O=C(/C=C/c1ccccc1)Nc1nc(-c2cccs2)c(-c2cccs2)s1. The van der Waals surface area contributed by atoms with Crippen molar-refractivity contribution in [3.8, 4) is 20.3 Å². The lowest BCUT2D eigenvalue weighted by Crippen LogP contribution is -2.07. The Hall–Kier alpha value is -2.54. The van der Waals surface area contributed by atoms with Gasteiger partial charge in [-0.3, -0.25) is 10.1 Å². The van der Waals surface area contributed by atoms with E-state index in [4.69, 9.17) is 0 Å². The normalized spacial score (nSPS) is 11.1. The number of rotatable bonds is 5. The molecule has 1 amide bonds. The zero-order chi connectivity index (χ0) is 17.8. The van der Waals surface area contributed by atoms with E-state index in [1.165, 1.54) is 17.4 Å². The van der Waals surface area contributed by atoms with Gasteiger partial charge in [0.15, 0.2) is 5.13 Å². The molecule has 0 saturated carbocycles. The largest absolute Gasteiger partial charge is 0.298 e. The standard InChI is InChI=1S/C20H14N2OS3/c23-17(11-10-14-6-2-1-3-7-14)21-20-22-18(15-8-4-12-24-15)19(26-20)16-9-5-13-25-16/h1-13H,(H,21,22,23)/b11-10+. The van der Waals surface area contributed by atoms with Gasteiger partial charge in [0.05, 0.1) is 9.75 Å². The topological polar surface area (TPSA) is 42.0 Å². The average Bonchev–Trinajstić information content (AvgIpc) is 3.41. The fourth-order valence-corrected chi connectivity index (χ4v) is 5.03. The van der Waals surface area contributed by atoms with Crippen molar-refractivity contribution in [1.82, 2.24) is 4.98 Å². The van der Waals surface area contributed by atoms with Crippen molar-refractivity contribution in [2.45, 2.75) is 0 Å². The van der Waals surface area contributed by atoms with Crippen LogP contribution in [-0.2, 0) is 4.79 Å². The molecule has 0 radical (unpaired) electrons. The fourth-order valence-electron chi connectivity index (χ4n) is 2.41. The fraction of sp³-hybridized carbons (Fsp3) is 0. The van der Waals surface area contributed by atoms with Crippen LogP contribution in [0.2, 0.25) is 0 Å². The highest BCUT2D eigenvalue weighted by Gasteiger charge is 2.17. The zero-order valence-corrected chi connectivity index (χ0v) is 16.0. The van der Waals surface area contributed by atoms with Crippen LogP contribution in [0.15, 0.2) is 71.4 Å². The van der Waals surface area contributed by atoms with E-state index in [9.17, 15) is 4.79 Å². The second-order valence-corrected chi connectivity index (χ2v) is 8.28. The monoisotopic (exact) mass is 394 g/mol. The summed E-state index contributed by atoms with van der Waals surface area (Å²) in [7, 11) is 0. The number of nitrogens with zero attached hydrogens (tertiary/aromatic N) is 1. The Bertz CT molecular complexity index is 965. The smallest absolute Gasteiger partial charge is 0.250 e. The van der Waals surface area contributed by atoms with Crippen LogP contribution in [0.1, 0.15) is 5.56 Å². The molecule has 4 aromatic rings.